The number of ether oxygens (including phenoxy) is 4. The molecule has 3 rings (SSSR count). The van der Waals surface area contributed by atoms with Crippen molar-refractivity contribution in [2.45, 2.75) is 50.8 Å². The summed E-state index contributed by atoms with van der Waals surface area (Å²) in [5.74, 6) is -1.21. The fourth-order valence-corrected chi connectivity index (χ4v) is 2.78. The van der Waals surface area contributed by atoms with Gasteiger partial charge >= 0.3 is 0 Å². The molecular formula is C16H20O6. The second-order valence-electron chi connectivity index (χ2n) is 5.91. The Kier molecular flexibility index (Phi) is 4.29. The molecule has 0 spiro atoms. The largest absolute Gasteiger partial charge is 0.388 e. The highest BCUT2D eigenvalue weighted by molar-refractivity contribution is 5.85. The first kappa shape index (κ1) is 15.6. The topological polar surface area (TPSA) is 74.2 Å². The van der Waals surface area contributed by atoms with Crippen molar-refractivity contribution >= 4 is 5.78 Å². The number of carbonyl (C=O) groups excluding carboxylic acids is 1. The van der Waals surface area contributed by atoms with E-state index in [2.05, 4.69) is 0 Å². The Hall–Kier alpha value is -1.31. The third kappa shape index (κ3) is 3.06. The van der Waals surface area contributed by atoms with E-state index in [1.807, 2.05) is 30.3 Å². The Balaban J connectivity index is 1.73. The number of hydrogen-bond donors (Lipinski definition) is 1. The first-order valence-corrected chi connectivity index (χ1v) is 7.30. The van der Waals surface area contributed by atoms with Crippen molar-refractivity contribution < 1.29 is 28.8 Å². The predicted octanol–water partition coefficient (Wildman–Crippen LogP) is 1.01. The van der Waals surface area contributed by atoms with Crippen molar-refractivity contribution in [3.63, 3.8) is 0 Å². The van der Waals surface area contributed by atoms with Gasteiger partial charge in [-0.15, -0.1) is 0 Å². The molecule has 2 aliphatic heterocycles. The Morgan fingerprint density at radius 2 is 2.00 bits per heavy atom. The lowest BCUT2D eigenvalue weighted by atomic mass is 10.1. The van der Waals surface area contributed by atoms with Gasteiger partial charge in [-0.05, 0) is 19.4 Å². The van der Waals surface area contributed by atoms with Crippen LogP contribution in [0.15, 0.2) is 30.3 Å². The summed E-state index contributed by atoms with van der Waals surface area (Å²) < 4.78 is 22.9. The van der Waals surface area contributed by atoms with E-state index in [0.29, 0.717) is 6.61 Å². The number of Topliss-reactive ketones (excluding diaryl/α,β-unsaturated/α-hetero) is 1. The van der Waals surface area contributed by atoms with Crippen molar-refractivity contribution in [3.05, 3.63) is 35.9 Å². The van der Waals surface area contributed by atoms with E-state index in [9.17, 15) is 4.79 Å². The third-order valence-electron chi connectivity index (χ3n) is 3.75. The highest BCUT2D eigenvalue weighted by atomic mass is 16.8. The van der Waals surface area contributed by atoms with Crippen LogP contribution >= 0.6 is 0 Å². The second kappa shape index (κ2) is 6.06. The molecule has 2 saturated heterocycles. The van der Waals surface area contributed by atoms with Gasteiger partial charge in [-0.2, -0.15) is 0 Å². The molecule has 2 aliphatic rings. The Bertz CT molecular complexity index is 529. The fourth-order valence-electron chi connectivity index (χ4n) is 2.78. The molecule has 0 aliphatic carbocycles. The standard InChI is InChI=1S/C16H20O6/c1-16(2)21-14-13(19-9-10-6-4-3-5-7-10)12(11(18)8-17)20-15(14)22-16/h3-7,12-15,17H,8-9H2,1-2H3/t12-,13-,14-,15-/m1/s1. The van der Waals surface area contributed by atoms with E-state index >= 15 is 0 Å². The summed E-state index contributed by atoms with van der Waals surface area (Å²) in [5.41, 5.74) is 0.985. The summed E-state index contributed by atoms with van der Waals surface area (Å²) in [6, 6.07) is 9.63. The van der Waals surface area contributed by atoms with Crippen LogP contribution in [-0.4, -0.2) is 47.9 Å². The number of aliphatic hydroxyl groups excluding tert-OH is 1. The molecule has 0 saturated carbocycles. The molecule has 0 bridgehead atoms. The summed E-state index contributed by atoms with van der Waals surface area (Å²) >= 11 is 0. The maximum atomic E-state index is 11.9. The number of aliphatic hydroxyl groups is 1. The number of carbonyl (C=O) groups is 1. The van der Waals surface area contributed by atoms with Gasteiger partial charge in [0.05, 0.1) is 6.61 Å². The highest BCUT2D eigenvalue weighted by Gasteiger charge is 2.57. The van der Waals surface area contributed by atoms with Crippen LogP contribution in [-0.2, 0) is 30.3 Å². The van der Waals surface area contributed by atoms with Gasteiger partial charge in [0, 0.05) is 0 Å². The number of benzene rings is 1. The van der Waals surface area contributed by atoms with Gasteiger partial charge in [0.25, 0.3) is 0 Å². The monoisotopic (exact) mass is 308 g/mol. The van der Waals surface area contributed by atoms with Crippen LogP contribution in [0.2, 0.25) is 0 Å². The van der Waals surface area contributed by atoms with Crippen molar-refractivity contribution in [2.75, 3.05) is 6.61 Å². The summed E-state index contributed by atoms with van der Waals surface area (Å²) in [7, 11) is 0. The molecule has 2 heterocycles. The molecular weight excluding hydrogens is 288 g/mol. The number of rotatable bonds is 5. The first-order valence-electron chi connectivity index (χ1n) is 7.30. The van der Waals surface area contributed by atoms with Crippen molar-refractivity contribution in [2.24, 2.45) is 0 Å². The maximum Gasteiger partial charge on any atom is 0.190 e. The summed E-state index contributed by atoms with van der Waals surface area (Å²) in [4.78, 5) is 11.9. The first-order chi connectivity index (χ1) is 10.5. The zero-order chi connectivity index (χ0) is 15.7. The van der Waals surface area contributed by atoms with Gasteiger partial charge in [0.2, 0.25) is 0 Å². The van der Waals surface area contributed by atoms with E-state index in [1.54, 1.807) is 13.8 Å². The number of ketones is 1. The molecule has 0 amide bonds. The maximum absolute atomic E-state index is 11.9. The highest BCUT2D eigenvalue weighted by Crippen LogP contribution is 2.39. The minimum Gasteiger partial charge on any atom is -0.388 e. The van der Waals surface area contributed by atoms with Crippen LogP contribution in [0.4, 0.5) is 0 Å². The number of fused-ring (bicyclic) bond motifs is 1. The minimum atomic E-state index is -0.875. The molecule has 1 aromatic rings. The molecule has 120 valence electrons. The van der Waals surface area contributed by atoms with Gasteiger partial charge in [-0.1, -0.05) is 30.3 Å². The lowest BCUT2D eigenvalue weighted by molar-refractivity contribution is -0.218. The third-order valence-corrected chi connectivity index (χ3v) is 3.75. The molecule has 1 N–H and O–H groups in total. The van der Waals surface area contributed by atoms with Crippen LogP contribution < -0.4 is 0 Å². The summed E-state index contributed by atoms with van der Waals surface area (Å²) in [6.07, 6.45) is -2.62. The smallest absolute Gasteiger partial charge is 0.190 e. The molecule has 1 aromatic carbocycles. The van der Waals surface area contributed by atoms with Crippen LogP contribution in [0.5, 0.6) is 0 Å². The average molecular weight is 308 g/mol. The number of hydrogen-bond acceptors (Lipinski definition) is 6. The van der Waals surface area contributed by atoms with Crippen molar-refractivity contribution in [1.82, 2.24) is 0 Å². The fraction of sp³-hybridized carbons (Fsp3) is 0.562. The van der Waals surface area contributed by atoms with Crippen LogP contribution in [0.3, 0.4) is 0 Å². The van der Waals surface area contributed by atoms with E-state index in [0.717, 1.165) is 5.56 Å². The zero-order valence-corrected chi connectivity index (χ0v) is 12.6. The van der Waals surface area contributed by atoms with Crippen molar-refractivity contribution in [1.29, 1.82) is 0 Å². The van der Waals surface area contributed by atoms with Crippen LogP contribution in [0.25, 0.3) is 0 Å². The zero-order valence-electron chi connectivity index (χ0n) is 12.6. The Morgan fingerprint density at radius 3 is 2.68 bits per heavy atom. The van der Waals surface area contributed by atoms with Gasteiger partial charge in [-0.25, -0.2) is 0 Å². The average Bonchev–Trinajstić information content (AvgIpc) is 2.97. The lowest BCUT2D eigenvalue weighted by Crippen LogP contribution is -2.41. The molecule has 2 fully saturated rings. The molecule has 4 atom stereocenters. The molecule has 6 nitrogen and oxygen atoms in total. The molecule has 0 unspecified atom stereocenters. The van der Waals surface area contributed by atoms with Gasteiger partial charge in [0.15, 0.2) is 24.0 Å². The van der Waals surface area contributed by atoms with Crippen LogP contribution in [0.1, 0.15) is 19.4 Å². The van der Waals surface area contributed by atoms with Crippen LogP contribution in [0, 0.1) is 0 Å². The van der Waals surface area contributed by atoms with E-state index in [1.165, 1.54) is 0 Å². The van der Waals surface area contributed by atoms with Gasteiger partial charge < -0.3 is 24.1 Å². The normalized spacial score (nSPS) is 32.9. The predicted molar refractivity (Wildman–Crippen MR) is 75.8 cm³/mol. The van der Waals surface area contributed by atoms with Gasteiger partial charge in [-0.3, -0.25) is 4.79 Å². The molecule has 22 heavy (non-hydrogen) atoms. The van der Waals surface area contributed by atoms with E-state index in [4.69, 9.17) is 24.1 Å². The van der Waals surface area contributed by atoms with Gasteiger partial charge in [0.1, 0.15) is 18.8 Å². The quantitative estimate of drug-likeness (QED) is 0.875. The van der Waals surface area contributed by atoms with E-state index < -0.39 is 42.8 Å². The molecule has 0 radical (unpaired) electrons. The summed E-state index contributed by atoms with van der Waals surface area (Å²) in [6.45, 7) is 3.30. The second-order valence-corrected chi connectivity index (χ2v) is 5.91. The van der Waals surface area contributed by atoms with E-state index in [-0.39, 0.29) is 0 Å². The minimum absolute atomic E-state index is 0.330. The SMILES string of the molecule is CC1(C)O[C@H]2O[C@H](C(=O)CO)[C@@H](OCc3ccccc3)[C@H]2O1. The molecule has 0 aromatic heterocycles. The van der Waals surface area contributed by atoms with Crippen molar-refractivity contribution in [3.8, 4) is 0 Å². The summed E-state index contributed by atoms with van der Waals surface area (Å²) in [5, 5.41) is 9.10. The molecule has 6 heteroatoms. The Labute approximate surface area is 128 Å². The Morgan fingerprint density at radius 1 is 1.27 bits per heavy atom. The lowest BCUT2D eigenvalue weighted by Gasteiger charge is -2.25.